The minimum atomic E-state index is -2.86. The molecule has 0 saturated carbocycles. The molecule has 15 nitrogen and oxygen atoms in total. The van der Waals surface area contributed by atoms with Gasteiger partial charge in [0, 0.05) is 86.7 Å². The lowest BCUT2D eigenvalue weighted by Crippen LogP contribution is -2.60. The lowest BCUT2D eigenvalue weighted by Gasteiger charge is -2.39. The number of alkyl halides is 2. The quantitative estimate of drug-likeness (QED) is 0.0816. The molecule has 3 fully saturated rings. The Morgan fingerprint density at radius 1 is 0.943 bits per heavy atom. The second-order valence-electron chi connectivity index (χ2n) is 20.7. The predicted molar refractivity (Wildman–Crippen MR) is 264 cm³/mol. The van der Waals surface area contributed by atoms with Gasteiger partial charge in [0.25, 0.3) is 12.3 Å². The van der Waals surface area contributed by atoms with Crippen LogP contribution in [0.4, 0.5) is 19.3 Å². The van der Waals surface area contributed by atoms with Gasteiger partial charge in [0.05, 0.1) is 43.1 Å². The molecule has 0 spiro atoms. The van der Waals surface area contributed by atoms with Gasteiger partial charge >= 0.3 is 18.0 Å². The predicted octanol–water partition coefficient (Wildman–Crippen LogP) is 8.56. The fourth-order valence-corrected chi connectivity index (χ4v) is 10.2. The fourth-order valence-electron chi connectivity index (χ4n) is 10.2. The van der Waals surface area contributed by atoms with Crippen LogP contribution in [0.15, 0.2) is 48.7 Å². The summed E-state index contributed by atoms with van der Waals surface area (Å²) in [5, 5.41) is 4.86. The van der Waals surface area contributed by atoms with Gasteiger partial charge in [0.2, 0.25) is 0 Å². The zero-order valence-electron chi connectivity index (χ0n) is 42.5. The molecule has 2 N–H and O–H groups in total. The molecular weight excluding hydrogens is 901 g/mol. The summed E-state index contributed by atoms with van der Waals surface area (Å²) in [6.45, 7) is 19.6. The van der Waals surface area contributed by atoms with E-state index < -0.39 is 47.5 Å². The van der Waals surface area contributed by atoms with Gasteiger partial charge in [-0.25, -0.2) is 19.0 Å². The molecule has 2 amide bonds. The first-order chi connectivity index (χ1) is 33.2. The number of piperazine rings is 1. The van der Waals surface area contributed by atoms with E-state index in [1.54, 1.807) is 33.9 Å². The van der Waals surface area contributed by atoms with E-state index in [1.165, 1.54) is 44.0 Å². The molecule has 7 rings (SSSR count). The Kier molecular flexibility index (Phi) is 16.2. The average molecular weight is 972 g/mol. The molecule has 3 saturated heterocycles. The van der Waals surface area contributed by atoms with E-state index in [9.17, 15) is 28.0 Å². The number of aryl methyl sites for hydroxylation is 1. The normalized spacial score (nSPS) is 18.7. The molecule has 0 unspecified atom stereocenters. The van der Waals surface area contributed by atoms with Gasteiger partial charge in [-0.05, 0) is 120 Å². The van der Waals surface area contributed by atoms with E-state index in [0.29, 0.717) is 48.5 Å². The minimum Gasteiger partial charge on any atom is -0.468 e. The van der Waals surface area contributed by atoms with Gasteiger partial charge in [-0.1, -0.05) is 32.0 Å². The van der Waals surface area contributed by atoms with Crippen LogP contribution in [0.3, 0.4) is 0 Å². The number of hydrogen-bond acceptors (Lipinski definition) is 12. The smallest absolute Gasteiger partial charge is 0.408 e. The first-order valence-electron chi connectivity index (χ1n) is 24.6. The number of hydrazine groups is 1. The van der Waals surface area contributed by atoms with E-state index >= 15 is 0 Å². The standard InChI is InChI=1S/C53H71F2N7O8/c1-11-61-45-17-16-35(36-22-34(23-37(25-36)48(54)55)24-44(57-51(66)70-52(4,5)6)49(64)62-19-13-15-43(58-62)50(65)68-10)26-40(45)42(28-53(7,8)31-69-33(3)63)47(61)41-27-39(29-56-46(41)32(2)67-9)60-21-20-59-18-12-14-38(59)30-60/h16-17,22-23,25-27,29,32,38,43-44,48,58H,11-15,18-21,24,28,30-31H2,1-10H3,(H,57,66)/t32-,38+,43-,44-/m0/s1. The first kappa shape index (κ1) is 52.2. The van der Waals surface area contributed by atoms with E-state index in [-0.39, 0.29) is 37.2 Å². The van der Waals surface area contributed by atoms with Gasteiger partial charge in [0.1, 0.15) is 17.7 Å². The van der Waals surface area contributed by atoms with E-state index in [2.05, 4.69) is 51.9 Å². The highest BCUT2D eigenvalue weighted by Gasteiger charge is 2.36. The molecule has 5 heterocycles. The molecule has 4 atom stereocenters. The first-order valence-corrected chi connectivity index (χ1v) is 24.6. The number of carbonyl (C=O) groups excluding carboxylic acids is 4. The number of amides is 2. The molecule has 0 bridgehead atoms. The second kappa shape index (κ2) is 21.8. The van der Waals surface area contributed by atoms with Crippen molar-refractivity contribution in [3.63, 3.8) is 0 Å². The van der Waals surface area contributed by atoms with Crippen molar-refractivity contribution in [2.24, 2.45) is 5.41 Å². The third-order valence-corrected chi connectivity index (χ3v) is 13.6. The van der Waals surface area contributed by atoms with Crippen LogP contribution in [0.5, 0.6) is 0 Å². The highest BCUT2D eigenvalue weighted by atomic mass is 19.3. The van der Waals surface area contributed by atoms with Crippen molar-refractivity contribution in [2.75, 3.05) is 58.5 Å². The van der Waals surface area contributed by atoms with Gasteiger partial charge in [-0.2, -0.15) is 0 Å². The lowest BCUT2D eigenvalue weighted by atomic mass is 9.84. The molecule has 3 aliphatic rings. The third kappa shape index (κ3) is 12.1. The summed E-state index contributed by atoms with van der Waals surface area (Å²) in [6, 6.07) is 11.2. The van der Waals surface area contributed by atoms with E-state index in [1.807, 2.05) is 31.3 Å². The Hall–Kier alpha value is -5.65. The van der Waals surface area contributed by atoms with Crippen molar-refractivity contribution in [2.45, 2.75) is 137 Å². The number of esters is 2. The maximum atomic E-state index is 15.0. The van der Waals surface area contributed by atoms with Crippen LogP contribution in [0.25, 0.3) is 33.3 Å². The Labute approximate surface area is 410 Å². The highest BCUT2D eigenvalue weighted by Crippen LogP contribution is 2.43. The number of nitrogens with zero attached hydrogens (tertiary/aromatic N) is 5. The zero-order valence-corrected chi connectivity index (χ0v) is 42.5. The summed E-state index contributed by atoms with van der Waals surface area (Å²) in [5.74, 6) is -1.48. The molecule has 4 aromatic rings. The highest BCUT2D eigenvalue weighted by molar-refractivity contribution is 5.96. The summed E-state index contributed by atoms with van der Waals surface area (Å²) >= 11 is 0. The Morgan fingerprint density at radius 3 is 2.39 bits per heavy atom. The number of carbonyl (C=O) groups is 4. The molecule has 0 aliphatic carbocycles. The number of alkyl carbamates (subject to hydrolysis) is 1. The second-order valence-corrected chi connectivity index (χ2v) is 20.7. The van der Waals surface area contributed by atoms with Gasteiger partial charge in [-0.3, -0.25) is 29.3 Å². The Bertz CT molecular complexity index is 2560. The van der Waals surface area contributed by atoms with Crippen molar-refractivity contribution in [3.8, 4) is 22.4 Å². The number of aromatic nitrogens is 2. The van der Waals surface area contributed by atoms with Crippen molar-refractivity contribution in [1.82, 2.24) is 30.2 Å². The number of methoxy groups -OCH3 is 2. The number of fused-ring (bicyclic) bond motifs is 2. The summed E-state index contributed by atoms with van der Waals surface area (Å²) in [7, 11) is 2.94. The molecular formula is C53H71F2N7O8. The molecule has 70 heavy (non-hydrogen) atoms. The van der Waals surface area contributed by atoms with Gasteiger partial charge < -0.3 is 33.7 Å². The number of hydrogen-bond donors (Lipinski definition) is 2. The molecule has 2 aromatic carbocycles. The summed E-state index contributed by atoms with van der Waals surface area (Å²) in [5.41, 5.74) is 8.36. The minimum absolute atomic E-state index is 0.166. The van der Waals surface area contributed by atoms with Gasteiger partial charge in [-0.15, -0.1) is 0 Å². The number of nitrogens with one attached hydrogen (secondary N) is 2. The third-order valence-electron chi connectivity index (χ3n) is 13.6. The zero-order chi connectivity index (χ0) is 50.7. The van der Waals surface area contributed by atoms with Crippen LogP contribution in [0.2, 0.25) is 0 Å². The topological polar surface area (TPSA) is 157 Å². The van der Waals surface area contributed by atoms with Crippen LogP contribution < -0.4 is 15.6 Å². The van der Waals surface area contributed by atoms with Crippen LogP contribution in [0, 0.1) is 5.41 Å². The van der Waals surface area contributed by atoms with Crippen molar-refractivity contribution < 1.29 is 46.9 Å². The fraction of sp³-hybridized carbons (Fsp3) is 0.566. The lowest BCUT2D eigenvalue weighted by molar-refractivity contribution is -0.150. The monoisotopic (exact) mass is 972 g/mol. The maximum absolute atomic E-state index is 15.0. The molecule has 380 valence electrons. The number of rotatable bonds is 16. The van der Waals surface area contributed by atoms with Crippen LogP contribution >= 0.6 is 0 Å². The average Bonchev–Trinajstić information content (AvgIpc) is 3.92. The summed E-state index contributed by atoms with van der Waals surface area (Å²) < 4.78 is 54.3. The molecule has 0 radical (unpaired) electrons. The Balaban J connectivity index is 1.35. The number of ether oxygens (including phenoxy) is 4. The van der Waals surface area contributed by atoms with Crippen LogP contribution in [-0.2, 0) is 52.7 Å². The SMILES string of the molecule is CCn1c(-c2cc(N3CCN4CCC[C@@H]4C3)cnc2[C@H](C)OC)c(CC(C)(C)COC(C)=O)c2cc(-c3cc(C[C@H](NC(=O)OC(C)(C)C)C(=O)N4CCC[C@@H](C(=O)OC)N4)cc(C(F)F)c3)ccc21. The molecule has 17 heteroatoms. The molecule has 2 aromatic heterocycles. The largest absolute Gasteiger partial charge is 0.468 e. The molecule has 3 aliphatic heterocycles. The van der Waals surface area contributed by atoms with Gasteiger partial charge in [0.15, 0.2) is 0 Å². The van der Waals surface area contributed by atoms with E-state index in [0.717, 1.165) is 65.3 Å². The van der Waals surface area contributed by atoms with Crippen molar-refractivity contribution >= 4 is 40.5 Å². The number of halogens is 2. The van der Waals surface area contributed by atoms with E-state index in [4.69, 9.17) is 23.9 Å². The number of benzene rings is 2. The maximum Gasteiger partial charge on any atom is 0.408 e. The van der Waals surface area contributed by atoms with Crippen molar-refractivity contribution in [1.29, 1.82) is 0 Å². The Morgan fingerprint density at radius 2 is 1.70 bits per heavy atom. The van der Waals surface area contributed by atoms with Crippen molar-refractivity contribution in [3.05, 3.63) is 71.0 Å². The number of anilines is 1. The summed E-state index contributed by atoms with van der Waals surface area (Å²) in [4.78, 5) is 62.3. The van der Waals surface area contributed by atoms with Crippen LogP contribution in [0.1, 0.15) is 116 Å². The van der Waals surface area contributed by atoms with Crippen LogP contribution in [-0.4, -0.2) is 121 Å². The summed E-state index contributed by atoms with van der Waals surface area (Å²) in [6.07, 6.45) is 1.50. The number of pyridine rings is 1.